The molecule has 0 bridgehead atoms. The Morgan fingerprint density at radius 2 is 2.04 bits per heavy atom. The molecule has 0 atom stereocenters. The maximum Gasteiger partial charge on any atom is 0.340 e. The Labute approximate surface area is 130 Å². The van der Waals surface area contributed by atoms with Gasteiger partial charge in [-0.2, -0.15) is 4.68 Å². The number of nitrogens with zero attached hydrogens (tertiary/aromatic N) is 4. The summed E-state index contributed by atoms with van der Waals surface area (Å²) in [6.45, 7) is 1.50. The highest BCUT2D eigenvalue weighted by molar-refractivity contribution is 5.98. The number of carbonyl (C=O) groups is 3. The first-order valence-corrected chi connectivity index (χ1v) is 6.69. The summed E-state index contributed by atoms with van der Waals surface area (Å²) >= 11 is 0. The molecule has 2 aromatic rings. The van der Waals surface area contributed by atoms with Gasteiger partial charge in [0.05, 0.1) is 11.3 Å². The number of hydrogen-bond donors (Lipinski definition) is 2. The molecule has 0 aliphatic rings. The highest BCUT2D eigenvalue weighted by Crippen LogP contribution is 2.13. The summed E-state index contributed by atoms with van der Waals surface area (Å²) in [6.07, 6.45) is 1.33. The van der Waals surface area contributed by atoms with Gasteiger partial charge in [-0.25, -0.2) is 9.59 Å². The number of tetrazole rings is 1. The molecule has 0 radical (unpaired) electrons. The normalized spacial score (nSPS) is 9.96. The van der Waals surface area contributed by atoms with Crippen LogP contribution in [0.3, 0.4) is 0 Å². The molecule has 1 aromatic carbocycles. The van der Waals surface area contributed by atoms with Crippen LogP contribution in [0.25, 0.3) is 5.69 Å². The Morgan fingerprint density at radius 1 is 1.26 bits per heavy atom. The number of para-hydroxylation sites is 1. The molecule has 3 amide bonds. The summed E-state index contributed by atoms with van der Waals surface area (Å²) in [5.74, 6) is -1.47. The van der Waals surface area contributed by atoms with Crippen molar-refractivity contribution >= 4 is 17.9 Å². The van der Waals surface area contributed by atoms with Gasteiger partial charge in [0.25, 0.3) is 5.91 Å². The fourth-order valence-electron chi connectivity index (χ4n) is 1.69. The zero-order valence-corrected chi connectivity index (χ0v) is 12.2. The maximum absolute atomic E-state index is 12.1. The monoisotopic (exact) mass is 318 g/mol. The van der Waals surface area contributed by atoms with Crippen LogP contribution >= 0.6 is 0 Å². The van der Waals surface area contributed by atoms with Gasteiger partial charge in [0.2, 0.25) is 0 Å². The number of carbonyl (C=O) groups excluding carboxylic acids is 3. The number of amides is 3. The van der Waals surface area contributed by atoms with Crippen LogP contribution in [0.4, 0.5) is 4.79 Å². The number of benzene rings is 1. The summed E-state index contributed by atoms with van der Waals surface area (Å²) in [7, 11) is 0. The van der Waals surface area contributed by atoms with Crippen LogP contribution in [0.1, 0.15) is 17.3 Å². The maximum atomic E-state index is 12.1. The second kappa shape index (κ2) is 7.64. The number of nitrogens with one attached hydrogen (secondary N) is 2. The molecule has 1 aromatic heterocycles. The molecule has 120 valence electrons. The van der Waals surface area contributed by atoms with Gasteiger partial charge in [-0.05, 0) is 29.5 Å². The number of ether oxygens (including phenoxy) is 1. The zero-order chi connectivity index (χ0) is 16.7. The predicted molar refractivity (Wildman–Crippen MR) is 76.7 cm³/mol. The van der Waals surface area contributed by atoms with Gasteiger partial charge in [0.15, 0.2) is 6.61 Å². The quantitative estimate of drug-likeness (QED) is 0.722. The molecule has 0 unspecified atom stereocenters. The number of hydrogen-bond acceptors (Lipinski definition) is 7. The van der Waals surface area contributed by atoms with Crippen molar-refractivity contribution in [2.24, 2.45) is 0 Å². The van der Waals surface area contributed by atoms with E-state index in [4.69, 9.17) is 4.74 Å². The number of imide groups is 1. The Kier molecular flexibility index (Phi) is 5.34. The van der Waals surface area contributed by atoms with Crippen molar-refractivity contribution in [3.05, 3.63) is 36.2 Å². The van der Waals surface area contributed by atoms with Crippen LogP contribution in [0.15, 0.2) is 30.6 Å². The van der Waals surface area contributed by atoms with Crippen LogP contribution in [0.5, 0.6) is 0 Å². The lowest BCUT2D eigenvalue weighted by molar-refractivity contribution is -0.123. The van der Waals surface area contributed by atoms with Crippen molar-refractivity contribution in [3.8, 4) is 5.69 Å². The minimum Gasteiger partial charge on any atom is -0.452 e. The topological polar surface area (TPSA) is 128 Å². The molecule has 0 aliphatic heterocycles. The molecule has 0 spiro atoms. The van der Waals surface area contributed by atoms with Gasteiger partial charge in [-0.3, -0.25) is 10.1 Å². The molecular formula is C13H14N6O4. The highest BCUT2D eigenvalue weighted by atomic mass is 16.5. The zero-order valence-electron chi connectivity index (χ0n) is 12.2. The molecule has 0 fully saturated rings. The minimum atomic E-state index is -0.734. The molecular weight excluding hydrogens is 304 g/mol. The van der Waals surface area contributed by atoms with E-state index in [0.29, 0.717) is 12.2 Å². The van der Waals surface area contributed by atoms with Crippen molar-refractivity contribution in [1.29, 1.82) is 0 Å². The van der Waals surface area contributed by atoms with Gasteiger partial charge >= 0.3 is 12.0 Å². The summed E-state index contributed by atoms with van der Waals surface area (Å²) in [5, 5.41) is 15.1. The number of rotatable bonds is 5. The van der Waals surface area contributed by atoms with E-state index in [1.807, 2.05) is 5.32 Å². The fourth-order valence-corrected chi connectivity index (χ4v) is 1.69. The SMILES string of the molecule is CCNC(=O)NC(=O)COC(=O)c1ccccc1-n1cnnn1. The Bertz CT molecular complexity index is 700. The van der Waals surface area contributed by atoms with E-state index in [-0.39, 0.29) is 5.56 Å². The third-order valence-corrected chi connectivity index (χ3v) is 2.64. The smallest absolute Gasteiger partial charge is 0.340 e. The first-order valence-electron chi connectivity index (χ1n) is 6.69. The summed E-state index contributed by atoms with van der Waals surface area (Å²) in [5.41, 5.74) is 0.595. The molecule has 2 rings (SSSR count). The van der Waals surface area contributed by atoms with E-state index in [1.165, 1.54) is 17.1 Å². The Morgan fingerprint density at radius 3 is 2.74 bits per heavy atom. The number of aromatic nitrogens is 4. The van der Waals surface area contributed by atoms with Gasteiger partial charge in [-0.1, -0.05) is 12.1 Å². The fraction of sp³-hybridized carbons (Fsp3) is 0.231. The number of esters is 1. The van der Waals surface area contributed by atoms with E-state index >= 15 is 0 Å². The number of urea groups is 1. The first-order chi connectivity index (χ1) is 11.1. The van der Waals surface area contributed by atoms with E-state index < -0.39 is 24.5 Å². The van der Waals surface area contributed by atoms with Crippen LogP contribution < -0.4 is 10.6 Å². The molecule has 0 aliphatic carbocycles. The van der Waals surface area contributed by atoms with Crippen molar-refractivity contribution in [2.45, 2.75) is 6.92 Å². The van der Waals surface area contributed by atoms with Crippen LogP contribution in [0, 0.1) is 0 Å². The average molecular weight is 318 g/mol. The summed E-state index contributed by atoms with van der Waals surface area (Å²) < 4.78 is 6.19. The summed E-state index contributed by atoms with van der Waals surface area (Å²) in [6, 6.07) is 5.83. The second-order valence-electron chi connectivity index (χ2n) is 4.26. The van der Waals surface area contributed by atoms with E-state index in [2.05, 4.69) is 20.8 Å². The molecule has 0 saturated heterocycles. The van der Waals surface area contributed by atoms with Gasteiger partial charge < -0.3 is 10.1 Å². The average Bonchev–Trinajstić information content (AvgIpc) is 3.07. The van der Waals surface area contributed by atoms with E-state index in [0.717, 1.165) is 0 Å². The van der Waals surface area contributed by atoms with Gasteiger partial charge in [-0.15, -0.1) is 5.10 Å². The Hall–Kier alpha value is -3.30. The van der Waals surface area contributed by atoms with Crippen molar-refractivity contribution in [2.75, 3.05) is 13.2 Å². The lowest BCUT2D eigenvalue weighted by Crippen LogP contribution is -2.41. The minimum absolute atomic E-state index is 0.186. The second-order valence-corrected chi connectivity index (χ2v) is 4.26. The molecule has 23 heavy (non-hydrogen) atoms. The molecule has 10 heteroatoms. The highest BCUT2D eigenvalue weighted by Gasteiger charge is 2.16. The first kappa shape index (κ1) is 16.1. The molecule has 1 heterocycles. The van der Waals surface area contributed by atoms with Crippen LogP contribution in [-0.2, 0) is 9.53 Å². The van der Waals surface area contributed by atoms with Gasteiger partial charge in [0, 0.05) is 6.54 Å². The van der Waals surface area contributed by atoms with Crippen molar-refractivity contribution in [3.63, 3.8) is 0 Å². The summed E-state index contributed by atoms with van der Waals surface area (Å²) in [4.78, 5) is 34.8. The Balaban J connectivity index is 1.99. The van der Waals surface area contributed by atoms with Crippen LogP contribution in [0.2, 0.25) is 0 Å². The van der Waals surface area contributed by atoms with Crippen LogP contribution in [-0.4, -0.2) is 51.3 Å². The van der Waals surface area contributed by atoms with Crippen molar-refractivity contribution in [1.82, 2.24) is 30.8 Å². The lowest BCUT2D eigenvalue weighted by Gasteiger charge is -2.09. The largest absolute Gasteiger partial charge is 0.452 e. The van der Waals surface area contributed by atoms with E-state index in [9.17, 15) is 14.4 Å². The molecule has 2 N–H and O–H groups in total. The van der Waals surface area contributed by atoms with E-state index in [1.54, 1.807) is 25.1 Å². The lowest BCUT2D eigenvalue weighted by atomic mass is 10.2. The van der Waals surface area contributed by atoms with Gasteiger partial charge in [0.1, 0.15) is 6.33 Å². The third kappa shape index (κ3) is 4.33. The predicted octanol–water partition coefficient (Wildman–Crippen LogP) is -0.335. The van der Waals surface area contributed by atoms with Crippen molar-refractivity contribution < 1.29 is 19.1 Å². The molecule has 0 saturated carbocycles. The standard InChI is InChI=1S/C13H14N6O4/c1-2-14-13(22)16-11(20)7-23-12(21)9-5-3-4-6-10(9)19-8-15-17-18-19/h3-6,8H,2,7H2,1H3,(H2,14,16,20,22). The third-order valence-electron chi connectivity index (χ3n) is 2.64. The molecule has 10 nitrogen and oxygen atoms in total.